The molecule has 2 heterocycles. The Bertz CT molecular complexity index is 657. The van der Waals surface area contributed by atoms with Crippen LogP contribution in [0, 0.1) is 0 Å². The normalized spacial score (nSPS) is 18.1. The van der Waals surface area contributed by atoms with Gasteiger partial charge in [-0.2, -0.15) is 0 Å². The van der Waals surface area contributed by atoms with Gasteiger partial charge in [0.2, 0.25) is 5.91 Å². The summed E-state index contributed by atoms with van der Waals surface area (Å²) in [6, 6.07) is 5.97. The van der Waals surface area contributed by atoms with Crippen LogP contribution in [0.1, 0.15) is 18.4 Å². The van der Waals surface area contributed by atoms with E-state index < -0.39 is 0 Å². The molecule has 0 saturated carbocycles. The number of aromatic nitrogens is 1. The van der Waals surface area contributed by atoms with Gasteiger partial charge in [-0.15, -0.1) is 0 Å². The average molecular weight is 288 g/mol. The maximum atomic E-state index is 12.0. The first-order valence-electron chi connectivity index (χ1n) is 7.20. The maximum absolute atomic E-state index is 12.0. The quantitative estimate of drug-likeness (QED) is 0.936. The van der Waals surface area contributed by atoms with E-state index >= 15 is 0 Å². The van der Waals surface area contributed by atoms with E-state index in [1.54, 1.807) is 7.11 Å². The molecule has 1 aliphatic rings. The molecule has 1 saturated heterocycles. The standard InChI is InChI=1S/C16H20N2O3/c1-18-10-11(9-17-16(19)15-4-3-7-21-15)13-8-12(20-2)5-6-14(13)18/h5-6,8,10,15H,3-4,7,9H2,1-2H3,(H,17,19). The summed E-state index contributed by atoms with van der Waals surface area (Å²) in [6.45, 7) is 1.19. The number of amides is 1. The summed E-state index contributed by atoms with van der Waals surface area (Å²) in [4.78, 5) is 12.0. The van der Waals surface area contributed by atoms with Crippen molar-refractivity contribution in [3.05, 3.63) is 30.0 Å². The molecule has 5 heteroatoms. The number of carbonyl (C=O) groups excluding carboxylic acids is 1. The molecule has 2 aromatic rings. The molecule has 1 unspecified atom stereocenters. The van der Waals surface area contributed by atoms with Crippen LogP contribution in [-0.4, -0.2) is 30.3 Å². The first-order chi connectivity index (χ1) is 10.2. The van der Waals surface area contributed by atoms with E-state index in [1.165, 1.54) is 0 Å². The largest absolute Gasteiger partial charge is 0.497 e. The Kier molecular flexibility index (Phi) is 3.84. The highest BCUT2D eigenvalue weighted by molar-refractivity contribution is 5.86. The Labute approximate surface area is 123 Å². The van der Waals surface area contributed by atoms with E-state index in [2.05, 4.69) is 9.88 Å². The molecule has 1 aliphatic heterocycles. The lowest BCUT2D eigenvalue weighted by Gasteiger charge is -2.10. The third-order valence-corrected chi connectivity index (χ3v) is 3.95. The number of methoxy groups -OCH3 is 1. The van der Waals surface area contributed by atoms with Crippen molar-refractivity contribution in [3.8, 4) is 5.75 Å². The van der Waals surface area contributed by atoms with Crippen LogP contribution in [0.15, 0.2) is 24.4 Å². The van der Waals surface area contributed by atoms with Gasteiger partial charge in [-0.3, -0.25) is 4.79 Å². The molecule has 112 valence electrons. The lowest BCUT2D eigenvalue weighted by Crippen LogP contribution is -2.33. The summed E-state index contributed by atoms with van der Waals surface area (Å²) in [5, 5.41) is 4.07. The molecule has 0 aliphatic carbocycles. The Hall–Kier alpha value is -2.01. The molecule has 1 N–H and O–H groups in total. The second-order valence-electron chi connectivity index (χ2n) is 5.37. The topological polar surface area (TPSA) is 52.5 Å². The van der Waals surface area contributed by atoms with Gasteiger partial charge in [-0.25, -0.2) is 0 Å². The smallest absolute Gasteiger partial charge is 0.249 e. The van der Waals surface area contributed by atoms with Gasteiger partial charge in [0.1, 0.15) is 11.9 Å². The zero-order valence-electron chi connectivity index (χ0n) is 12.4. The Balaban J connectivity index is 1.78. The van der Waals surface area contributed by atoms with E-state index in [-0.39, 0.29) is 12.0 Å². The van der Waals surface area contributed by atoms with Gasteiger partial charge in [0.25, 0.3) is 0 Å². The second-order valence-corrected chi connectivity index (χ2v) is 5.37. The highest BCUT2D eigenvalue weighted by atomic mass is 16.5. The van der Waals surface area contributed by atoms with Crippen molar-refractivity contribution < 1.29 is 14.3 Å². The highest BCUT2D eigenvalue weighted by Gasteiger charge is 2.23. The van der Waals surface area contributed by atoms with Crippen LogP contribution in [0.2, 0.25) is 0 Å². The second kappa shape index (κ2) is 5.77. The lowest BCUT2D eigenvalue weighted by atomic mass is 10.1. The Morgan fingerprint density at radius 2 is 2.38 bits per heavy atom. The highest BCUT2D eigenvalue weighted by Crippen LogP contribution is 2.25. The molecule has 1 amide bonds. The first kappa shape index (κ1) is 13.9. The van der Waals surface area contributed by atoms with Crippen LogP contribution in [0.5, 0.6) is 5.75 Å². The van der Waals surface area contributed by atoms with E-state index in [9.17, 15) is 4.79 Å². The fourth-order valence-corrected chi connectivity index (χ4v) is 2.80. The van der Waals surface area contributed by atoms with Crippen molar-refractivity contribution >= 4 is 16.8 Å². The molecule has 1 fully saturated rings. The third-order valence-electron chi connectivity index (χ3n) is 3.95. The molecule has 0 bridgehead atoms. The van der Waals surface area contributed by atoms with Crippen LogP contribution in [0.4, 0.5) is 0 Å². The minimum absolute atomic E-state index is 0.0209. The van der Waals surface area contributed by atoms with Gasteiger partial charge in [0.15, 0.2) is 0 Å². The van der Waals surface area contributed by atoms with Crippen molar-refractivity contribution in [3.63, 3.8) is 0 Å². The summed E-state index contributed by atoms with van der Waals surface area (Å²) in [7, 11) is 3.66. The molecule has 1 atom stereocenters. The summed E-state index contributed by atoms with van der Waals surface area (Å²) >= 11 is 0. The molecule has 1 aromatic carbocycles. The molecule has 0 radical (unpaired) electrons. The van der Waals surface area contributed by atoms with E-state index in [4.69, 9.17) is 9.47 Å². The number of rotatable bonds is 4. The van der Waals surface area contributed by atoms with Crippen molar-refractivity contribution in [2.24, 2.45) is 7.05 Å². The SMILES string of the molecule is COc1ccc2c(c1)c(CNC(=O)C1CCCO1)cn2C. The number of hydrogen-bond donors (Lipinski definition) is 1. The minimum Gasteiger partial charge on any atom is -0.497 e. The molecule has 21 heavy (non-hydrogen) atoms. The summed E-state index contributed by atoms with van der Waals surface area (Å²) in [6.07, 6.45) is 3.54. The van der Waals surface area contributed by atoms with Gasteiger partial charge in [0.05, 0.1) is 7.11 Å². The minimum atomic E-state index is -0.283. The van der Waals surface area contributed by atoms with E-state index in [0.29, 0.717) is 13.2 Å². The van der Waals surface area contributed by atoms with Gasteiger partial charge in [0, 0.05) is 37.3 Å². The van der Waals surface area contributed by atoms with E-state index in [1.807, 2.05) is 31.4 Å². The average Bonchev–Trinajstić information content (AvgIpc) is 3.13. The van der Waals surface area contributed by atoms with Gasteiger partial charge < -0.3 is 19.4 Å². The number of nitrogens with zero attached hydrogens (tertiary/aromatic N) is 1. The molecule has 5 nitrogen and oxygen atoms in total. The number of fused-ring (bicyclic) bond motifs is 1. The van der Waals surface area contributed by atoms with Crippen molar-refractivity contribution in [1.29, 1.82) is 0 Å². The number of hydrogen-bond acceptors (Lipinski definition) is 3. The van der Waals surface area contributed by atoms with Crippen molar-refractivity contribution in [2.45, 2.75) is 25.5 Å². The molecule has 3 rings (SSSR count). The number of benzene rings is 1. The Morgan fingerprint density at radius 3 is 3.10 bits per heavy atom. The van der Waals surface area contributed by atoms with Gasteiger partial charge in [-0.05, 0) is 36.6 Å². The Morgan fingerprint density at radius 1 is 1.52 bits per heavy atom. The summed E-state index contributed by atoms with van der Waals surface area (Å²) < 4.78 is 12.7. The number of nitrogens with one attached hydrogen (secondary N) is 1. The van der Waals surface area contributed by atoms with Crippen molar-refractivity contribution in [2.75, 3.05) is 13.7 Å². The van der Waals surface area contributed by atoms with E-state index in [0.717, 1.165) is 35.1 Å². The van der Waals surface area contributed by atoms with Crippen LogP contribution >= 0.6 is 0 Å². The zero-order valence-corrected chi connectivity index (χ0v) is 12.4. The maximum Gasteiger partial charge on any atom is 0.249 e. The predicted octanol–water partition coefficient (Wildman–Crippen LogP) is 1.98. The fraction of sp³-hybridized carbons (Fsp3) is 0.438. The van der Waals surface area contributed by atoms with Gasteiger partial charge in [-0.1, -0.05) is 0 Å². The molecule has 0 spiro atoms. The van der Waals surface area contributed by atoms with Crippen LogP contribution in [0.3, 0.4) is 0 Å². The lowest BCUT2D eigenvalue weighted by molar-refractivity contribution is -0.130. The monoisotopic (exact) mass is 288 g/mol. The molecular weight excluding hydrogens is 268 g/mol. The van der Waals surface area contributed by atoms with Crippen LogP contribution in [0.25, 0.3) is 10.9 Å². The number of carbonyl (C=O) groups is 1. The van der Waals surface area contributed by atoms with Crippen molar-refractivity contribution in [1.82, 2.24) is 9.88 Å². The van der Waals surface area contributed by atoms with Crippen LogP contribution in [-0.2, 0) is 23.1 Å². The molecular formula is C16H20N2O3. The summed E-state index contributed by atoms with van der Waals surface area (Å²) in [5.41, 5.74) is 2.20. The number of aryl methyl sites for hydroxylation is 1. The first-order valence-corrected chi connectivity index (χ1v) is 7.20. The van der Waals surface area contributed by atoms with Gasteiger partial charge >= 0.3 is 0 Å². The number of ether oxygens (including phenoxy) is 2. The molecule has 1 aromatic heterocycles. The fourth-order valence-electron chi connectivity index (χ4n) is 2.80. The summed E-state index contributed by atoms with van der Waals surface area (Å²) in [5.74, 6) is 0.799. The predicted molar refractivity (Wildman–Crippen MR) is 80.3 cm³/mol. The zero-order chi connectivity index (χ0) is 14.8. The van der Waals surface area contributed by atoms with Crippen LogP contribution < -0.4 is 10.1 Å². The third kappa shape index (κ3) is 2.74.